The van der Waals surface area contributed by atoms with Gasteiger partial charge in [0.2, 0.25) is 0 Å². The van der Waals surface area contributed by atoms with E-state index < -0.39 is 0 Å². The Balaban J connectivity index is 0.000000261. The van der Waals surface area contributed by atoms with Gasteiger partial charge in [0.05, 0.1) is 20.2 Å². The molecular weight excluding hydrogens is 464 g/mol. The third-order valence-electron chi connectivity index (χ3n) is 5.30. The molecule has 0 unspecified atom stereocenters. The van der Waals surface area contributed by atoms with Crippen LogP contribution in [0.4, 0.5) is 0 Å². The second-order valence-electron chi connectivity index (χ2n) is 8.02. The molecule has 35 heavy (non-hydrogen) atoms. The minimum Gasteiger partial charge on any atom is -0.497 e. The Kier molecular flexibility index (Phi) is 9.68. The number of amidine groups is 1. The molecular formula is C25H32N6O3S. The molecule has 0 spiro atoms. The van der Waals surface area contributed by atoms with Crippen molar-refractivity contribution in [1.29, 1.82) is 0 Å². The number of thiol groups is 1. The number of rotatable bonds is 8. The van der Waals surface area contributed by atoms with Gasteiger partial charge in [-0.25, -0.2) is 0 Å². The predicted molar refractivity (Wildman–Crippen MR) is 139 cm³/mol. The average Bonchev–Trinajstić information content (AvgIpc) is 3.56. The summed E-state index contributed by atoms with van der Waals surface area (Å²) in [5.41, 5.74) is 4.54. The van der Waals surface area contributed by atoms with E-state index in [0.29, 0.717) is 18.9 Å². The zero-order valence-electron chi connectivity index (χ0n) is 20.5. The normalized spacial score (nSPS) is 12.3. The largest absolute Gasteiger partial charge is 0.497 e. The minimum absolute atomic E-state index is 0.0130. The van der Waals surface area contributed by atoms with E-state index in [9.17, 15) is 4.79 Å². The van der Waals surface area contributed by atoms with Crippen LogP contribution in [0.3, 0.4) is 0 Å². The molecule has 3 N–H and O–H groups in total. The number of methoxy groups -OCH3 is 1. The quantitative estimate of drug-likeness (QED) is 0.355. The zero-order chi connectivity index (χ0) is 25.2. The molecule has 0 saturated carbocycles. The average molecular weight is 497 g/mol. The van der Waals surface area contributed by atoms with Crippen LogP contribution in [-0.4, -0.2) is 55.7 Å². The maximum Gasteiger partial charge on any atom is 0.315 e. The smallest absolute Gasteiger partial charge is 0.315 e. The molecule has 0 saturated heterocycles. The van der Waals surface area contributed by atoms with Gasteiger partial charge < -0.3 is 25.2 Å². The van der Waals surface area contributed by atoms with Crippen molar-refractivity contribution in [1.82, 2.24) is 26.1 Å². The van der Waals surface area contributed by atoms with E-state index in [1.165, 1.54) is 0 Å². The van der Waals surface area contributed by atoms with Crippen LogP contribution in [0.25, 0.3) is 0 Å². The number of carbonyl (C=O) groups is 1. The third kappa shape index (κ3) is 7.56. The highest BCUT2D eigenvalue weighted by Gasteiger charge is 2.14. The number of aliphatic imine (C=N–C) groups is 1. The summed E-state index contributed by atoms with van der Waals surface area (Å²) in [6, 6.07) is 12.1. The summed E-state index contributed by atoms with van der Waals surface area (Å²) in [6.07, 6.45) is 0.726. The van der Waals surface area contributed by atoms with E-state index in [4.69, 9.17) is 9.26 Å². The van der Waals surface area contributed by atoms with Gasteiger partial charge in [-0.1, -0.05) is 29.4 Å². The Hall–Kier alpha value is -3.37. The lowest BCUT2D eigenvalue weighted by Gasteiger charge is -2.06. The van der Waals surface area contributed by atoms with Gasteiger partial charge >= 0.3 is 11.8 Å². The molecule has 0 atom stereocenters. The lowest BCUT2D eigenvalue weighted by Crippen LogP contribution is -2.26. The van der Waals surface area contributed by atoms with Gasteiger partial charge in [0.15, 0.2) is 5.82 Å². The van der Waals surface area contributed by atoms with Gasteiger partial charge in [-0.05, 0) is 56.1 Å². The molecule has 186 valence electrons. The molecule has 1 aromatic heterocycles. The van der Waals surface area contributed by atoms with Crippen molar-refractivity contribution in [3.8, 4) is 5.75 Å². The zero-order valence-corrected chi connectivity index (χ0v) is 21.4. The number of aromatic nitrogens is 2. The molecule has 0 fully saturated rings. The van der Waals surface area contributed by atoms with Crippen molar-refractivity contribution in [2.45, 2.75) is 31.7 Å². The van der Waals surface area contributed by atoms with Crippen molar-refractivity contribution >= 4 is 24.4 Å². The molecule has 3 aromatic rings. The van der Waals surface area contributed by atoms with Crippen molar-refractivity contribution in [3.63, 3.8) is 0 Å². The van der Waals surface area contributed by atoms with E-state index in [2.05, 4.69) is 43.7 Å². The number of ether oxygens (including phenoxy) is 1. The monoisotopic (exact) mass is 496 g/mol. The van der Waals surface area contributed by atoms with Gasteiger partial charge in [-0.3, -0.25) is 9.79 Å². The highest BCUT2D eigenvalue weighted by atomic mass is 32.1. The fourth-order valence-corrected chi connectivity index (χ4v) is 3.56. The van der Waals surface area contributed by atoms with Gasteiger partial charge in [-0.2, -0.15) is 4.98 Å². The summed E-state index contributed by atoms with van der Waals surface area (Å²) in [5.74, 6) is 1.94. The Labute approximate surface area is 211 Å². The molecule has 0 radical (unpaired) electrons. The van der Waals surface area contributed by atoms with Gasteiger partial charge in [0, 0.05) is 23.5 Å². The number of amides is 1. The number of aryl methyl sites for hydroxylation is 2. The van der Waals surface area contributed by atoms with Crippen LogP contribution in [0.5, 0.6) is 5.75 Å². The molecule has 0 bridgehead atoms. The standard InChI is InChI=1S/C16H20N6O2.C9H12OS/c1-17-10-13-21-16(24-22-13)15(23)20-7-6-11-2-4-12(5-3-11)14-18-8-9-19-14;1-6-4-8(10-3)5-7(2)9(6)11/h2-5,17H,6-10H2,1H3,(H,18,19)(H,20,23);4-5,11H,1-3H3. The van der Waals surface area contributed by atoms with Gasteiger partial charge in [-0.15, -0.1) is 12.6 Å². The fraction of sp³-hybridized carbons (Fsp3) is 0.360. The lowest BCUT2D eigenvalue weighted by atomic mass is 10.1. The molecule has 1 amide bonds. The van der Waals surface area contributed by atoms with Crippen molar-refractivity contribution in [2.24, 2.45) is 4.99 Å². The number of nitrogens with zero attached hydrogens (tertiary/aromatic N) is 3. The Morgan fingerprint density at radius 3 is 2.51 bits per heavy atom. The molecule has 9 nitrogen and oxygen atoms in total. The van der Waals surface area contributed by atoms with Crippen LogP contribution in [0.2, 0.25) is 0 Å². The van der Waals surface area contributed by atoms with Crippen molar-refractivity contribution < 1.29 is 14.1 Å². The summed E-state index contributed by atoms with van der Waals surface area (Å²) >= 11 is 4.34. The van der Waals surface area contributed by atoms with Crippen molar-refractivity contribution in [3.05, 3.63) is 70.4 Å². The summed E-state index contributed by atoms with van der Waals surface area (Å²) in [6.45, 7) is 6.74. The maximum absolute atomic E-state index is 11.9. The summed E-state index contributed by atoms with van der Waals surface area (Å²) in [7, 11) is 3.45. The molecule has 2 aromatic carbocycles. The van der Waals surface area contributed by atoms with Crippen molar-refractivity contribution in [2.75, 3.05) is 33.8 Å². The first-order valence-electron chi connectivity index (χ1n) is 11.4. The highest BCUT2D eigenvalue weighted by Crippen LogP contribution is 2.23. The molecule has 0 aliphatic carbocycles. The van der Waals surface area contributed by atoms with Crippen LogP contribution in [0, 0.1) is 13.8 Å². The van der Waals surface area contributed by atoms with Crippen LogP contribution in [0.1, 0.15) is 38.8 Å². The highest BCUT2D eigenvalue weighted by molar-refractivity contribution is 7.80. The first-order valence-corrected chi connectivity index (χ1v) is 11.8. The van der Waals surface area contributed by atoms with E-state index in [1.54, 1.807) is 14.2 Å². The van der Waals surface area contributed by atoms with Crippen LogP contribution in [0.15, 0.2) is 50.8 Å². The molecule has 10 heteroatoms. The summed E-state index contributed by atoms with van der Waals surface area (Å²) in [5, 5.41) is 12.6. The number of benzene rings is 2. The lowest BCUT2D eigenvalue weighted by molar-refractivity contribution is 0.0910. The Morgan fingerprint density at radius 2 is 1.91 bits per heavy atom. The Morgan fingerprint density at radius 1 is 1.20 bits per heavy atom. The van der Waals surface area contributed by atoms with Crippen LogP contribution in [-0.2, 0) is 13.0 Å². The van der Waals surface area contributed by atoms with Gasteiger partial charge in [0.1, 0.15) is 11.6 Å². The Bertz CT molecular complexity index is 1140. The topological polar surface area (TPSA) is 114 Å². The first kappa shape index (κ1) is 26.2. The molecule has 1 aliphatic rings. The maximum atomic E-state index is 11.9. The minimum atomic E-state index is -0.356. The number of hydrogen-bond donors (Lipinski definition) is 4. The summed E-state index contributed by atoms with van der Waals surface area (Å²) in [4.78, 5) is 21.4. The van der Waals surface area contributed by atoms with Crippen LogP contribution < -0.4 is 20.7 Å². The second kappa shape index (κ2) is 12.9. The second-order valence-corrected chi connectivity index (χ2v) is 8.46. The molecule has 4 rings (SSSR count). The third-order valence-corrected chi connectivity index (χ3v) is 6.00. The SMILES string of the molecule is CNCc1noc(C(=O)NCCc2ccc(C3=NCCN3)cc2)n1.COc1cc(C)c(S)c(C)c1. The van der Waals surface area contributed by atoms with Crippen LogP contribution >= 0.6 is 12.6 Å². The van der Waals surface area contributed by atoms with E-state index in [-0.39, 0.29) is 11.8 Å². The molecule has 1 aliphatic heterocycles. The summed E-state index contributed by atoms with van der Waals surface area (Å²) < 4.78 is 10.0. The van der Waals surface area contributed by atoms with E-state index in [0.717, 1.165) is 58.2 Å². The number of carbonyl (C=O) groups excluding carboxylic acids is 1. The predicted octanol–water partition coefficient (Wildman–Crippen LogP) is 2.71. The number of nitrogens with one attached hydrogen (secondary N) is 3. The molecule has 2 heterocycles. The van der Waals surface area contributed by atoms with E-state index >= 15 is 0 Å². The fourth-order valence-electron chi connectivity index (χ4n) is 3.43. The van der Waals surface area contributed by atoms with Gasteiger partial charge in [0.25, 0.3) is 0 Å². The first-order chi connectivity index (χ1) is 16.9. The number of hydrogen-bond acceptors (Lipinski definition) is 9. The van der Waals surface area contributed by atoms with E-state index in [1.807, 2.05) is 50.2 Å².